The Morgan fingerprint density at radius 1 is 1.71 bits per heavy atom. The summed E-state index contributed by atoms with van der Waals surface area (Å²) in [6, 6.07) is 0. The van der Waals surface area contributed by atoms with Crippen LogP contribution in [-0.4, -0.2) is 20.9 Å². The number of carboxylic acids is 1. The summed E-state index contributed by atoms with van der Waals surface area (Å²) in [5, 5.41) is 13.0. The summed E-state index contributed by atoms with van der Waals surface area (Å²) < 4.78 is 1.73. The molecule has 1 N–H and O–H groups in total. The Bertz CT molecular complexity index is 353. The highest BCUT2D eigenvalue weighted by Gasteiger charge is 2.41. The van der Waals surface area contributed by atoms with Gasteiger partial charge in [-0.3, -0.25) is 9.48 Å². The molecule has 2 rings (SSSR count). The number of hydrogen-bond acceptors (Lipinski definition) is 2. The van der Waals surface area contributed by atoms with Crippen molar-refractivity contribution >= 4 is 5.97 Å². The molecule has 0 amide bonds. The average Bonchev–Trinajstić information content (AvgIpc) is 2.44. The van der Waals surface area contributed by atoms with Crippen LogP contribution in [0.4, 0.5) is 0 Å². The Morgan fingerprint density at radius 3 is 2.79 bits per heavy atom. The summed E-state index contributed by atoms with van der Waals surface area (Å²) in [7, 11) is 1.86. The summed E-state index contributed by atoms with van der Waals surface area (Å²) >= 11 is 0. The quantitative estimate of drug-likeness (QED) is 0.789. The van der Waals surface area contributed by atoms with Crippen molar-refractivity contribution < 1.29 is 9.90 Å². The van der Waals surface area contributed by atoms with E-state index in [1.54, 1.807) is 10.9 Å². The van der Waals surface area contributed by atoms with Gasteiger partial charge < -0.3 is 5.11 Å². The summed E-state index contributed by atoms with van der Waals surface area (Å²) in [5.41, 5.74) is 0.953. The lowest BCUT2D eigenvalue weighted by Gasteiger charge is -2.40. The van der Waals surface area contributed by atoms with Gasteiger partial charge in [-0.1, -0.05) is 6.42 Å². The molecule has 1 aliphatic carbocycles. The van der Waals surface area contributed by atoms with Gasteiger partial charge >= 0.3 is 5.97 Å². The summed E-state index contributed by atoms with van der Waals surface area (Å²) in [5.74, 6) is -0.714. The minimum atomic E-state index is -0.714. The van der Waals surface area contributed by atoms with Gasteiger partial charge in [-0.15, -0.1) is 0 Å². The lowest BCUT2D eigenvalue weighted by molar-refractivity contribution is -0.139. The van der Waals surface area contributed by atoms with Crippen LogP contribution in [0.25, 0.3) is 0 Å². The third-order valence-electron chi connectivity index (χ3n) is 3.12. The second kappa shape index (κ2) is 3.12. The summed E-state index contributed by atoms with van der Waals surface area (Å²) in [4.78, 5) is 10.8. The number of carbonyl (C=O) groups is 1. The highest BCUT2D eigenvalue weighted by atomic mass is 16.4. The summed E-state index contributed by atoms with van der Waals surface area (Å²) in [6.45, 7) is 0. The molecule has 14 heavy (non-hydrogen) atoms. The second-order valence-electron chi connectivity index (χ2n) is 4.11. The van der Waals surface area contributed by atoms with Crippen molar-refractivity contribution in [3.63, 3.8) is 0 Å². The molecule has 1 aromatic rings. The van der Waals surface area contributed by atoms with Crippen LogP contribution >= 0.6 is 0 Å². The van der Waals surface area contributed by atoms with E-state index in [-0.39, 0.29) is 11.8 Å². The number of carboxylic acid groups (broad SMARTS) is 1. The number of nitrogens with zero attached hydrogens (tertiary/aromatic N) is 2. The number of aryl methyl sites for hydroxylation is 1. The van der Waals surface area contributed by atoms with E-state index in [1.807, 2.05) is 13.2 Å². The van der Waals surface area contributed by atoms with E-state index in [9.17, 15) is 4.79 Å². The molecule has 0 atom stereocenters. The normalized spacial score (nSPS) is 18.9. The van der Waals surface area contributed by atoms with Crippen molar-refractivity contribution in [2.45, 2.75) is 31.1 Å². The SMILES string of the molecule is Cn1cc(C2(CC(=O)O)CCC2)cn1. The molecular formula is C10H14N2O2. The number of aromatic nitrogens is 2. The molecule has 1 fully saturated rings. The maximum Gasteiger partial charge on any atom is 0.304 e. The summed E-state index contributed by atoms with van der Waals surface area (Å²) in [6.07, 6.45) is 7.04. The Morgan fingerprint density at radius 2 is 2.43 bits per heavy atom. The number of hydrogen-bond donors (Lipinski definition) is 1. The Kier molecular flexibility index (Phi) is 2.06. The number of aliphatic carboxylic acids is 1. The zero-order chi connectivity index (χ0) is 10.2. The zero-order valence-corrected chi connectivity index (χ0v) is 8.23. The highest BCUT2D eigenvalue weighted by Crippen LogP contribution is 2.46. The zero-order valence-electron chi connectivity index (χ0n) is 8.23. The van der Waals surface area contributed by atoms with Gasteiger partial charge in [-0.2, -0.15) is 5.10 Å². The first-order valence-corrected chi connectivity index (χ1v) is 4.83. The molecule has 76 valence electrons. The average molecular weight is 194 g/mol. The van der Waals surface area contributed by atoms with E-state index in [0.29, 0.717) is 0 Å². The van der Waals surface area contributed by atoms with E-state index in [1.165, 1.54) is 0 Å². The molecule has 1 saturated carbocycles. The predicted molar refractivity (Wildman–Crippen MR) is 51.0 cm³/mol. The molecule has 0 aliphatic heterocycles. The van der Waals surface area contributed by atoms with Gasteiger partial charge in [0.15, 0.2) is 0 Å². The molecule has 0 aromatic carbocycles. The van der Waals surface area contributed by atoms with Crippen LogP contribution in [0.1, 0.15) is 31.2 Å². The molecule has 1 heterocycles. The van der Waals surface area contributed by atoms with Crippen LogP contribution in [0.5, 0.6) is 0 Å². The number of rotatable bonds is 3. The fourth-order valence-corrected chi connectivity index (χ4v) is 2.16. The van der Waals surface area contributed by atoms with Gasteiger partial charge in [0.2, 0.25) is 0 Å². The van der Waals surface area contributed by atoms with E-state index in [2.05, 4.69) is 5.10 Å². The van der Waals surface area contributed by atoms with Crippen molar-refractivity contribution in [1.82, 2.24) is 9.78 Å². The smallest absolute Gasteiger partial charge is 0.304 e. The molecule has 0 spiro atoms. The molecule has 0 radical (unpaired) electrons. The molecule has 4 nitrogen and oxygen atoms in total. The van der Waals surface area contributed by atoms with Gasteiger partial charge in [0.25, 0.3) is 0 Å². The molecule has 0 bridgehead atoms. The maximum absolute atomic E-state index is 10.8. The topological polar surface area (TPSA) is 55.1 Å². The molecule has 0 unspecified atom stereocenters. The maximum atomic E-state index is 10.8. The second-order valence-corrected chi connectivity index (χ2v) is 4.11. The van der Waals surface area contributed by atoms with Crippen molar-refractivity contribution in [2.75, 3.05) is 0 Å². The van der Waals surface area contributed by atoms with Crippen LogP contribution in [-0.2, 0) is 17.3 Å². The molecule has 1 aliphatic rings. The van der Waals surface area contributed by atoms with Gasteiger partial charge in [-0.25, -0.2) is 0 Å². The van der Waals surface area contributed by atoms with Crippen molar-refractivity contribution in [1.29, 1.82) is 0 Å². The fourth-order valence-electron chi connectivity index (χ4n) is 2.16. The third-order valence-corrected chi connectivity index (χ3v) is 3.12. The standard InChI is InChI=1S/C10H14N2O2/c1-12-7-8(6-11-12)10(3-2-4-10)5-9(13)14/h6-7H,2-5H2,1H3,(H,13,14). The molecule has 4 heteroatoms. The highest BCUT2D eigenvalue weighted by molar-refractivity contribution is 5.69. The van der Waals surface area contributed by atoms with Crippen LogP contribution < -0.4 is 0 Å². The molecule has 0 saturated heterocycles. The van der Waals surface area contributed by atoms with Gasteiger partial charge in [0.05, 0.1) is 12.6 Å². The Balaban J connectivity index is 2.24. The minimum absolute atomic E-state index is 0.125. The first kappa shape index (κ1) is 9.24. The molecular weight excluding hydrogens is 180 g/mol. The van der Waals surface area contributed by atoms with Crippen molar-refractivity contribution in [2.24, 2.45) is 7.05 Å². The van der Waals surface area contributed by atoms with Crippen LogP contribution in [0.3, 0.4) is 0 Å². The third kappa shape index (κ3) is 1.41. The largest absolute Gasteiger partial charge is 0.481 e. The van der Waals surface area contributed by atoms with E-state index < -0.39 is 5.97 Å². The van der Waals surface area contributed by atoms with Gasteiger partial charge in [0, 0.05) is 18.7 Å². The molecule has 1 aromatic heterocycles. The first-order valence-electron chi connectivity index (χ1n) is 4.83. The predicted octanol–water partition coefficient (Wildman–Crippen LogP) is 1.32. The lowest BCUT2D eigenvalue weighted by Crippen LogP contribution is -2.36. The van der Waals surface area contributed by atoms with Crippen LogP contribution in [0, 0.1) is 0 Å². The fraction of sp³-hybridized carbons (Fsp3) is 0.600. The lowest BCUT2D eigenvalue weighted by atomic mass is 9.63. The minimum Gasteiger partial charge on any atom is -0.481 e. The van der Waals surface area contributed by atoms with Gasteiger partial charge in [0.1, 0.15) is 0 Å². The van der Waals surface area contributed by atoms with E-state index in [4.69, 9.17) is 5.11 Å². The monoisotopic (exact) mass is 194 g/mol. The van der Waals surface area contributed by atoms with Gasteiger partial charge in [-0.05, 0) is 18.4 Å². The van der Waals surface area contributed by atoms with Crippen molar-refractivity contribution in [3.05, 3.63) is 18.0 Å². The van der Waals surface area contributed by atoms with E-state index >= 15 is 0 Å². The Labute approximate surface area is 82.5 Å². The van der Waals surface area contributed by atoms with E-state index in [0.717, 1.165) is 24.8 Å². The Hall–Kier alpha value is -1.32. The first-order chi connectivity index (χ1) is 6.62. The van der Waals surface area contributed by atoms with Crippen molar-refractivity contribution in [3.8, 4) is 0 Å². The van der Waals surface area contributed by atoms with Crippen LogP contribution in [0.15, 0.2) is 12.4 Å². The van der Waals surface area contributed by atoms with Crippen LogP contribution in [0.2, 0.25) is 0 Å².